The van der Waals surface area contributed by atoms with Crippen molar-refractivity contribution in [1.29, 1.82) is 0 Å². The van der Waals surface area contributed by atoms with Crippen molar-refractivity contribution in [3.8, 4) is 0 Å². The first kappa shape index (κ1) is 14.3. The Balaban J connectivity index is 1.77. The molecule has 0 heterocycles. The summed E-state index contributed by atoms with van der Waals surface area (Å²) in [5, 5.41) is 3.77. The molecule has 18 heavy (non-hydrogen) atoms. The van der Waals surface area contributed by atoms with Gasteiger partial charge in [-0.15, -0.1) is 0 Å². The lowest BCUT2D eigenvalue weighted by Crippen LogP contribution is -2.44. The highest BCUT2D eigenvalue weighted by atomic mass is 14.9. The molecule has 3 N–H and O–H groups in total. The average molecular weight is 252 g/mol. The van der Waals surface area contributed by atoms with Crippen LogP contribution in [-0.4, -0.2) is 19.6 Å². The number of hydrogen-bond acceptors (Lipinski definition) is 2. The van der Waals surface area contributed by atoms with Crippen LogP contribution in [0.2, 0.25) is 0 Å². The lowest BCUT2D eigenvalue weighted by Gasteiger charge is -2.39. The first-order valence-electron chi connectivity index (χ1n) is 7.93. The summed E-state index contributed by atoms with van der Waals surface area (Å²) in [7, 11) is 0. The molecule has 0 saturated heterocycles. The Morgan fingerprint density at radius 1 is 1.11 bits per heavy atom. The molecular formula is C16H32N2. The summed E-state index contributed by atoms with van der Waals surface area (Å²) in [5.74, 6) is 1.74. The van der Waals surface area contributed by atoms with E-state index in [1.807, 2.05) is 0 Å². The zero-order chi connectivity index (χ0) is 13.2. The SMILES string of the molecule is CC1CCC(CN)(CNCC2(C(C)C)CC2)CC1. The highest BCUT2D eigenvalue weighted by Gasteiger charge is 2.45. The fraction of sp³-hybridized carbons (Fsp3) is 1.00. The van der Waals surface area contributed by atoms with E-state index in [1.165, 1.54) is 45.1 Å². The van der Waals surface area contributed by atoms with Gasteiger partial charge in [0.2, 0.25) is 0 Å². The molecule has 2 aliphatic rings. The molecule has 2 nitrogen and oxygen atoms in total. The molecule has 2 saturated carbocycles. The number of rotatable bonds is 6. The number of hydrogen-bond donors (Lipinski definition) is 2. The van der Waals surface area contributed by atoms with Crippen molar-refractivity contribution in [2.24, 2.45) is 28.4 Å². The smallest absolute Gasteiger partial charge is 0.00201 e. The van der Waals surface area contributed by atoms with E-state index in [-0.39, 0.29) is 0 Å². The van der Waals surface area contributed by atoms with Crippen LogP contribution in [0.25, 0.3) is 0 Å². The molecule has 0 aliphatic heterocycles. The van der Waals surface area contributed by atoms with Crippen LogP contribution in [0.5, 0.6) is 0 Å². The Hall–Kier alpha value is -0.0800. The van der Waals surface area contributed by atoms with Crippen LogP contribution in [0.1, 0.15) is 59.3 Å². The molecule has 2 aliphatic carbocycles. The molecular weight excluding hydrogens is 220 g/mol. The van der Waals surface area contributed by atoms with E-state index in [0.717, 1.165) is 24.9 Å². The summed E-state index contributed by atoms with van der Waals surface area (Å²) in [5.41, 5.74) is 7.09. The fourth-order valence-corrected chi connectivity index (χ4v) is 3.52. The second-order valence-electron chi connectivity index (χ2n) is 7.51. The second kappa shape index (κ2) is 5.50. The minimum absolute atomic E-state index is 0.402. The van der Waals surface area contributed by atoms with Gasteiger partial charge in [-0.1, -0.05) is 33.6 Å². The van der Waals surface area contributed by atoms with Crippen LogP contribution < -0.4 is 11.1 Å². The van der Waals surface area contributed by atoms with E-state index in [4.69, 9.17) is 5.73 Å². The second-order valence-corrected chi connectivity index (χ2v) is 7.51. The quantitative estimate of drug-likeness (QED) is 0.762. The Morgan fingerprint density at radius 2 is 1.72 bits per heavy atom. The first-order chi connectivity index (χ1) is 8.52. The zero-order valence-electron chi connectivity index (χ0n) is 12.6. The molecule has 0 spiro atoms. The van der Waals surface area contributed by atoms with E-state index < -0.39 is 0 Å². The van der Waals surface area contributed by atoms with Gasteiger partial charge in [0.25, 0.3) is 0 Å². The molecule has 0 amide bonds. The van der Waals surface area contributed by atoms with E-state index in [9.17, 15) is 0 Å². The minimum Gasteiger partial charge on any atom is -0.330 e. The first-order valence-corrected chi connectivity index (χ1v) is 7.93. The molecule has 0 unspecified atom stereocenters. The molecule has 0 radical (unpaired) electrons. The van der Waals surface area contributed by atoms with Crippen LogP contribution in [0.15, 0.2) is 0 Å². The van der Waals surface area contributed by atoms with Crippen LogP contribution in [-0.2, 0) is 0 Å². The highest BCUT2D eigenvalue weighted by Crippen LogP contribution is 2.51. The van der Waals surface area contributed by atoms with Crippen molar-refractivity contribution < 1.29 is 0 Å². The van der Waals surface area contributed by atoms with Gasteiger partial charge in [0.05, 0.1) is 0 Å². The molecule has 2 heteroatoms. The predicted molar refractivity (Wildman–Crippen MR) is 78.5 cm³/mol. The Labute approximate surface area is 113 Å². The third-order valence-electron chi connectivity index (χ3n) is 5.86. The van der Waals surface area contributed by atoms with E-state index in [1.54, 1.807) is 0 Å². The predicted octanol–water partition coefficient (Wildman–Crippen LogP) is 3.17. The zero-order valence-corrected chi connectivity index (χ0v) is 12.6. The van der Waals surface area contributed by atoms with Crippen molar-refractivity contribution in [3.05, 3.63) is 0 Å². The molecule has 0 aromatic rings. The molecule has 106 valence electrons. The Morgan fingerprint density at radius 3 is 2.17 bits per heavy atom. The van der Waals surface area contributed by atoms with Crippen molar-refractivity contribution in [3.63, 3.8) is 0 Å². The maximum Gasteiger partial charge on any atom is 0.00201 e. The molecule has 0 atom stereocenters. The highest BCUT2D eigenvalue weighted by molar-refractivity contribution is 4.98. The largest absolute Gasteiger partial charge is 0.330 e. The lowest BCUT2D eigenvalue weighted by molar-refractivity contribution is 0.154. The van der Waals surface area contributed by atoms with Crippen LogP contribution in [0.4, 0.5) is 0 Å². The maximum absolute atomic E-state index is 6.07. The molecule has 2 rings (SSSR count). The van der Waals surface area contributed by atoms with Crippen LogP contribution >= 0.6 is 0 Å². The summed E-state index contributed by atoms with van der Waals surface area (Å²) in [6.07, 6.45) is 8.23. The maximum atomic E-state index is 6.07. The fourth-order valence-electron chi connectivity index (χ4n) is 3.52. The number of nitrogens with one attached hydrogen (secondary N) is 1. The Bertz CT molecular complexity index is 260. The van der Waals surface area contributed by atoms with Crippen molar-refractivity contribution in [2.45, 2.75) is 59.3 Å². The van der Waals surface area contributed by atoms with Crippen LogP contribution in [0, 0.1) is 22.7 Å². The summed E-state index contributed by atoms with van der Waals surface area (Å²) < 4.78 is 0. The lowest BCUT2D eigenvalue weighted by atomic mass is 9.70. The minimum atomic E-state index is 0.402. The van der Waals surface area contributed by atoms with Gasteiger partial charge in [-0.3, -0.25) is 0 Å². The van der Waals surface area contributed by atoms with E-state index in [2.05, 4.69) is 26.1 Å². The Kier molecular flexibility index (Phi) is 4.38. The van der Waals surface area contributed by atoms with Gasteiger partial charge in [-0.2, -0.15) is 0 Å². The van der Waals surface area contributed by atoms with Crippen LogP contribution in [0.3, 0.4) is 0 Å². The van der Waals surface area contributed by atoms with Gasteiger partial charge in [-0.25, -0.2) is 0 Å². The van der Waals surface area contributed by atoms with Gasteiger partial charge < -0.3 is 11.1 Å². The summed E-state index contributed by atoms with van der Waals surface area (Å²) in [6.45, 7) is 10.3. The third kappa shape index (κ3) is 3.08. The van der Waals surface area contributed by atoms with Crippen molar-refractivity contribution >= 4 is 0 Å². The molecule has 2 fully saturated rings. The summed E-state index contributed by atoms with van der Waals surface area (Å²) in [4.78, 5) is 0. The molecule has 0 aromatic heterocycles. The van der Waals surface area contributed by atoms with Gasteiger partial charge in [-0.05, 0) is 54.9 Å². The van der Waals surface area contributed by atoms with E-state index >= 15 is 0 Å². The molecule has 0 aromatic carbocycles. The van der Waals surface area contributed by atoms with Gasteiger partial charge >= 0.3 is 0 Å². The van der Waals surface area contributed by atoms with Gasteiger partial charge in [0.1, 0.15) is 0 Å². The average Bonchev–Trinajstić information content (AvgIpc) is 3.13. The van der Waals surface area contributed by atoms with Crippen molar-refractivity contribution in [2.75, 3.05) is 19.6 Å². The summed E-state index contributed by atoms with van der Waals surface area (Å²) in [6, 6.07) is 0. The third-order valence-corrected chi connectivity index (χ3v) is 5.86. The van der Waals surface area contributed by atoms with Gasteiger partial charge in [0.15, 0.2) is 0 Å². The normalized spacial score (nSPS) is 34.8. The standard InChI is InChI=1S/C16H32N2/c1-13(2)16(8-9-16)12-18-11-15(10-17)6-4-14(3)5-7-15/h13-14,18H,4-12,17H2,1-3H3. The van der Waals surface area contributed by atoms with Gasteiger partial charge in [0, 0.05) is 13.1 Å². The topological polar surface area (TPSA) is 38.0 Å². The van der Waals surface area contributed by atoms with Crippen molar-refractivity contribution in [1.82, 2.24) is 5.32 Å². The molecule has 0 bridgehead atoms. The van der Waals surface area contributed by atoms with E-state index in [0.29, 0.717) is 10.8 Å². The number of nitrogens with two attached hydrogens (primary N) is 1. The summed E-state index contributed by atoms with van der Waals surface area (Å²) >= 11 is 0. The monoisotopic (exact) mass is 252 g/mol.